The summed E-state index contributed by atoms with van der Waals surface area (Å²) < 4.78 is 11.5. The quantitative estimate of drug-likeness (QED) is 0.758. The van der Waals surface area contributed by atoms with Crippen molar-refractivity contribution in [2.45, 2.75) is 6.42 Å². The lowest BCUT2D eigenvalue weighted by atomic mass is 10.0. The van der Waals surface area contributed by atoms with Crippen molar-refractivity contribution >= 4 is 27.5 Å². The van der Waals surface area contributed by atoms with Gasteiger partial charge in [0.25, 0.3) is 5.91 Å². The van der Waals surface area contributed by atoms with Gasteiger partial charge in [0.05, 0.1) is 19.9 Å². The number of nitrogens with one attached hydrogen (secondary N) is 1. The number of benzene rings is 2. The first-order chi connectivity index (χ1) is 11.1. The number of hydrogen-bond donors (Lipinski definition) is 1. The molecule has 4 nitrogen and oxygen atoms in total. The molecule has 0 spiro atoms. The summed E-state index contributed by atoms with van der Waals surface area (Å²) in [5, 5.41) is 2.88. The molecule has 23 heavy (non-hydrogen) atoms. The summed E-state index contributed by atoms with van der Waals surface area (Å²) in [7, 11) is 3.12. The van der Waals surface area contributed by atoms with E-state index in [1.54, 1.807) is 32.4 Å². The van der Waals surface area contributed by atoms with Crippen molar-refractivity contribution in [2.24, 2.45) is 0 Å². The van der Waals surface area contributed by atoms with E-state index >= 15 is 0 Å². The van der Waals surface area contributed by atoms with Crippen LogP contribution in [0.25, 0.3) is 0 Å². The predicted octanol–water partition coefficient (Wildman–Crippen LogP) is 4.45. The lowest BCUT2D eigenvalue weighted by molar-refractivity contribution is 0.102. The molecule has 0 aliphatic carbocycles. The Morgan fingerprint density at radius 1 is 1.26 bits per heavy atom. The normalized spacial score (nSPS) is 10.0. The summed E-state index contributed by atoms with van der Waals surface area (Å²) in [6.07, 6.45) is 2.34. The van der Waals surface area contributed by atoms with Crippen LogP contribution in [0.15, 0.2) is 53.5 Å². The number of halogens is 1. The van der Waals surface area contributed by atoms with E-state index in [9.17, 15) is 4.79 Å². The molecule has 1 amide bonds. The monoisotopic (exact) mass is 375 g/mol. The molecule has 0 bridgehead atoms. The molecule has 120 valence electrons. The number of hydrogen-bond acceptors (Lipinski definition) is 3. The van der Waals surface area contributed by atoms with Gasteiger partial charge in [-0.2, -0.15) is 0 Å². The maximum absolute atomic E-state index is 12.5. The fourth-order valence-electron chi connectivity index (χ4n) is 2.24. The third-order valence-corrected chi connectivity index (χ3v) is 4.00. The highest BCUT2D eigenvalue weighted by Crippen LogP contribution is 2.33. The molecule has 0 radical (unpaired) electrons. The van der Waals surface area contributed by atoms with Crippen LogP contribution < -0.4 is 14.8 Å². The Labute approximate surface area is 144 Å². The first-order valence-corrected chi connectivity index (χ1v) is 7.81. The van der Waals surface area contributed by atoms with Crippen molar-refractivity contribution in [3.8, 4) is 11.5 Å². The lowest BCUT2D eigenvalue weighted by Crippen LogP contribution is -2.13. The van der Waals surface area contributed by atoms with E-state index in [0.29, 0.717) is 29.2 Å². The first-order valence-electron chi connectivity index (χ1n) is 7.02. The Morgan fingerprint density at radius 2 is 2.00 bits per heavy atom. The number of carbonyl (C=O) groups is 1. The average molecular weight is 376 g/mol. The Bertz CT molecular complexity index is 728. The van der Waals surface area contributed by atoms with Crippen molar-refractivity contribution in [1.82, 2.24) is 0 Å². The highest BCUT2D eigenvalue weighted by Gasteiger charge is 2.16. The maximum Gasteiger partial charge on any atom is 0.255 e. The second kappa shape index (κ2) is 7.83. The SMILES string of the molecule is C=CCc1cc(C(=O)Nc2ccccc2Br)cc(OC)c1OC. The van der Waals surface area contributed by atoms with Gasteiger partial charge in [-0.05, 0) is 46.6 Å². The highest BCUT2D eigenvalue weighted by atomic mass is 79.9. The zero-order valence-electron chi connectivity index (χ0n) is 13.1. The summed E-state index contributed by atoms with van der Waals surface area (Å²) in [5.41, 5.74) is 2.05. The number of para-hydroxylation sites is 1. The van der Waals surface area contributed by atoms with Crippen molar-refractivity contribution in [3.63, 3.8) is 0 Å². The fraction of sp³-hybridized carbons (Fsp3) is 0.167. The molecule has 0 atom stereocenters. The van der Waals surface area contributed by atoms with Gasteiger partial charge in [0, 0.05) is 15.6 Å². The molecule has 2 aromatic rings. The third kappa shape index (κ3) is 3.93. The van der Waals surface area contributed by atoms with E-state index in [-0.39, 0.29) is 5.91 Å². The number of anilines is 1. The van der Waals surface area contributed by atoms with Crippen molar-refractivity contribution in [1.29, 1.82) is 0 Å². The van der Waals surface area contributed by atoms with E-state index < -0.39 is 0 Å². The summed E-state index contributed by atoms with van der Waals surface area (Å²) in [6.45, 7) is 3.74. The van der Waals surface area contributed by atoms with Crippen LogP contribution in [-0.4, -0.2) is 20.1 Å². The van der Waals surface area contributed by atoms with Crippen molar-refractivity contribution in [3.05, 3.63) is 64.7 Å². The zero-order chi connectivity index (χ0) is 16.8. The van der Waals surface area contributed by atoms with Gasteiger partial charge < -0.3 is 14.8 Å². The van der Waals surface area contributed by atoms with E-state index in [2.05, 4.69) is 27.8 Å². The molecule has 1 N–H and O–H groups in total. The third-order valence-electron chi connectivity index (χ3n) is 3.30. The largest absolute Gasteiger partial charge is 0.493 e. The van der Waals surface area contributed by atoms with Crippen LogP contribution in [0, 0.1) is 0 Å². The van der Waals surface area contributed by atoms with E-state index in [0.717, 1.165) is 10.0 Å². The Kier molecular flexibility index (Phi) is 5.82. The average Bonchev–Trinajstić information content (AvgIpc) is 2.56. The molecule has 5 heteroatoms. The number of methoxy groups -OCH3 is 2. The topological polar surface area (TPSA) is 47.6 Å². The minimum absolute atomic E-state index is 0.219. The fourth-order valence-corrected chi connectivity index (χ4v) is 2.62. The smallest absolute Gasteiger partial charge is 0.255 e. The number of carbonyl (C=O) groups excluding carboxylic acids is 1. The van der Waals surface area contributed by atoms with Gasteiger partial charge in [0.2, 0.25) is 0 Å². The van der Waals surface area contributed by atoms with Crippen molar-refractivity contribution < 1.29 is 14.3 Å². The van der Waals surface area contributed by atoms with Gasteiger partial charge in [-0.3, -0.25) is 4.79 Å². The molecule has 0 heterocycles. The zero-order valence-corrected chi connectivity index (χ0v) is 14.6. The van der Waals surface area contributed by atoms with Crippen LogP contribution in [0.2, 0.25) is 0 Å². The maximum atomic E-state index is 12.5. The Balaban J connectivity index is 2.38. The lowest BCUT2D eigenvalue weighted by Gasteiger charge is -2.14. The Morgan fingerprint density at radius 3 is 2.61 bits per heavy atom. The van der Waals surface area contributed by atoms with Gasteiger partial charge in [0.1, 0.15) is 0 Å². The van der Waals surface area contributed by atoms with Crippen LogP contribution in [0.3, 0.4) is 0 Å². The molecular formula is C18H18BrNO3. The van der Waals surface area contributed by atoms with Crippen LogP contribution in [-0.2, 0) is 6.42 Å². The van der Waals surface area contributed by atoms with E-state index in [1.165, 1.54) is 0 Å². The number of rotatable bonds is 6. The molecule has 2 rings (SSSR count). The molecule has 0 aliphatic rings. The number of ether oxygens (including phenoxy) is 2. The Hall–Kier alpha value is -2.27. The first kappa shape index (κ1) is 17.1. The molecule has 0 unspecified atom stereocenters. The van der Waals surface area contributed by atoms with Crippen LogP contribution in [0.5, 0.6) is 11.5 Å². The molecule has 2 aromatic carbocycles. The summed E-state index contributed by atoms with van der Waals surface area (Å²) in [4.78, 5) is 12.5. The minimum Gasteiger partial charge on any atom is -0.493 e. The van der Waals surface area contributed by atoms with E-state index in [4.69, 9.17) is 9.47 Å². The van der Waals surface area contributed by atoms with Crippen LogP contribution in [0.4, 0.5) is 5.69 Å². The highest BCUT2D eigenvalue weighted by molar-refractivity contribution is 9.10. The molecule has 0 aliphatic heterocycles. The van der Waals surface area contributed by atoms with Gasteiger partial charge >= 0.3 is 0 Å². The predicted molar refractivity (Wildman–Crippen MR) is 95.5 cm³/mol. The molecule has 0 saturated heterocycles. The molecule has 0 fully saturated rings. The number of allylic oxidation sites excluding steroid dienone is 1. The van der Waals surface area contributed by atoms with Crippen molar-refractivity contribution in [2.75, 3.05) is 19.5 Å². The van der Waals surface area contributed by atoms with Gasteiger partial charge in [-0.1, -0.05) is 18.2 Å². The molecule has 0 saturated carbocycles. The second-order valence-electron chi connectivity index (χ2n) is 4.80. The second-order valence-corrected chi connectivity index (χ2v) is 5.65. The van der Waals surface area contributed by atoms with E-state index in [1.807, 2.05) is 24.3 Å². The molecular weight excluding hydrogens is 358 g/mol. The van der Waals surface area contributed by atoms with Crippen LogP contribution in [0.1, 0.15) is 15.9 Å². The van der Waals surface area contributed by atoms with Gasteiger partial charge in [-0.25, -0.2) is 0 Å². The van der Waals surface area contributed by atoms with Gasteiger partial charge in [0.15, 0.2) is 11.5 Å². The molecule has 0 aromatic heterocycles. The summed E-state index contributed by atoms with van der Waals surface area (Å²) in [6, 6.07) is 10.9. The number of amides is 1. The van der Waals surface area contributed by atoms with Crippen LogP contribution >= 0.6 is 15.9 Å². The van der Waals surface area contributed by atoms with Gasteiger partial charge in [-0.15, -0.1) is 6.58 Å². The summed E-state index contributed by atoms with van der Waals surface area (Å²) >= 11 is 3.41. The summed E-state index contributed by atoms with van der Waals surface area (Å²) in [5.74, 6) is 0.914. The standard InChI is InChI=1S/C18H18BrNO3/c1-4-7-12-10-13(11-16(22-2)17(12)23-3)18(21)20-15-9-6-5-8-14(15)19/h4-6,8-11H,1,7H2,2-3H3,(H,20,21). The minimum atomic E-state index is -0.219.